The van der Waals surface area contributed by atoms with Gasteiger partial charge in [0.2, 0.25) is 11.8 Å². The van der Waals surface area contributed by atoms with Gasteiger partial charge in [0, 0.05) is 12.5 Å². The third kappa shape index (κ3) is 3.59. The normalized spacial score (nSPS) is 16.0. The molecule has 0 fully saturated rings. The van der Waals surface area contributed by atoms with Gasteiger partial charge in [0.15, 0.2) is 5.16 Å². The third-order valence-electron chi connectivity index (χ3n) is 3.71. The monoisotopic (exact) mass is 380 g/mol. The average Bonchev–Trinajstić information content (AvgIpc) is 2.57. The largest absolute Gasteiger partial charge is 0.323 e. The molecule has 0 aliphatic carbocycles. The second-order valence-electron chi connectivity index (χ2n) is 5.48. The number of hydrogen-bond acceptors (Lipinski definition) is 5. The molecule has 7 nitrogen and oxygen atoms in total. The zero-order chi connectivity index (χ0) is 18.8. The number of aromatic amines is 1. The summed E-state index contributed by atoms with van der Waals surface area (Å²) in [4.78, 5) is 43.5. The van der Waals surface area contributed by atoms with E-state index in [9.17, 15) is 23.2 Å². The third-order valence-corrected chi connectivity index (χ3v) is 4.47. The van der Waals surface area contributed by atoms with Gasteiger partial charge in [-0.25, -0.2) is 13.8 Å². The Labute approximate surface area is 150 Å². The Kier molecular flexibility index (Phi) is 5.03. The number of carbonyl (C=O) groups excluding carboxylic acids is 2. The summed E-state index contributed by atoms with van der Waals surface area (Å²) in [5, 5.41) is 5.01. The van der Waals surface area contributed by atoms with Gasteiger partial charge in [-0.2, -0.15) is 0 Å². The molecule has 2 amide bonds. The summed E-state index contributed by atoms with van der Waals surface area (Å²) in [5.41, 5.74) is -0.949. The highest BCUT2D eigenvalue weighted by atomic mass is 32.2. The standard InChI is InChI=1S/C16H14F2N4O3S/c1-2-26-16-21-13-12(15(25)22-16)8(6-11(23)20-13)14(24)19-10-5-7(17)3-4-9(10)18/h3-5,8H,2,6H2,1H3,(H,19,24)(H2,20,21,22,23,25)/t8-/m1/s1. The molecule has 1 aliphatic heterocycles. The highest BCUT2D eigenvalue weighted by molar-refractivity contribution is 7.99. The predicted octanol–water partition coefficient (Wildman–Crippen LogP) is 2.22. The Morgan fingerprint density at radius 3 is 2.88 bits per heavy atom. The van der Waals surface area contributed by atoms with Gasteiger partial charge in [-0.15, -0.1) is 0 Å². The maximum atomic E-state index is 13.7. The van der Waals surface area contributed by atoms with E-state index in [1.807, 2.05) is 6.92 Å². The molecule has 1 atom stereocenters. The zero-order valence-electron chi connectivity index (χ0n) is 13.6. The Morgan fingerprint density at radius 2 is 2.15 bits per heavy atom. The van der Waals surface area contributed by atoms with E-state index in [4.69, 9.17) is 0 Å². The first kappa shape index (κ1) is 18.1. The Hall–Kier alpha value is -2.75. The Bertz CT molecular complexity index is 948. The van der Waals surface area contributed by atoms with Crippen molar-refractivity contribution in [2.75, 3.05) is 16.4 Å². The van der Waals surface area contributed by atoms with Crippen LogP contribution in [0.4, 0.5) is 20.3 Å². The van der Waals surface area contributed by atoms with Crippen molar-refractivity contribution in [1.82, 2.24) is 9.97 Å². The maximum absolute atomic E-state index is 13.7. The van der Waals surface area contributed by atoms with Crippen LogP contribution in [0.1, 0.15) is 24.8 Å². The predicted molar refractivity (Wildman–Crippen MR) is 92.2 cm³/mol. The summed E-state index contributed by atoms with van der Waals surface area (Å²) in [5.74, 6) is -3.37. The number of halogens is 2. The molecule has 0 spiro atoms. The van der Waals surface area contributed by atoms with Gasteiger partial charge in [0.05, 0.1) is 17.2 Å². The molecular weight excluding hydrogens is 366 g/mol. The highest BCUT2D eigenvalue weighted by Crippen LogP contribution is 2.30. The van der Waals surface area contributed by atoms with Crippen LogP contribution >= 0.6 is 11.8 Å². The number of nitrogens with zero attached hydrogens (tertiary/aromatic N) is 1. The van der Waals surface area contributed by atoms with Crippen LogP contribution in [0.5, 0.6) is 0 Å². The summed E-state index contributed by atoms with van der Waals surface area (Å²) in [6, 6.07) is 2.60. The molecule has 2 aromatic rings. The molecule has 2 heterocycles. The Balaban J connectivity index is 1.96. The van der Waals surface area contributed by atoms with E-state index in [1.165, 1.54) is 11.8 Å². The van der Waals surface area contributed by atoms with Crippen LogP contribution in [0.3, 0.4) is 0 Å². The second kappa shape index (κ2) is 7.24. The minimum absolute atomic E-state index is 0.000754. The van der Waals surface area contributed by atoms with Crippen LogP contribution in [-0.2, 0) is 9.59 Å². The molecule has 0 unspecified atom stereocenters. The van der Waals surface area contributed by atoms with Crippen molar-refractivity contribution in [2.45, 2.75) is 24.4 Å². The van der Waals surface area contributed by atoms with Crippen LogP contribution < -0.4 is 16.2 Å². The van der Waals surface area contributed by atoms with Crippen molar-refractivity contribution < 1.29 is 18.4 Å². The van der Waals surface area contributed by atoms with E-state index in [0.29, 0.717) is 10.9 Å². The Morgan fingerprint density at radius 1 is 1.38 bits per heavy atom. The van der Waals surface area contributed by atoms with E-state index in [-0.39, 0.29) is 23.5 Å². The molecule has 0 saturated heterocycles. The number of fused-ring (bicyclic) bond motifs is 1. The quantitative estimate of drug-likeness (QED) is 0.557. The number of amides is 2. The molecule has 0 bridgehead atoms. The molecule has 10 heteroatoms. The van der Waals surface area contributed by atoms with Crippen molar-refractivity contribution >= 4 is 35.1 Å². The van der Waals surface area contributed by atoms with Crippen molar-refractivity contribution in [3.05, 3.63) is 45.8 Å². The fraction of sp³-hybridized carbons (Fsp3) is 0.250. The molecule has 0 radical (unpaired) electrons. The molecule has 3 rings (SSSR count). The van der Waals surface area contributed by atoms with Gasteiger partial charge >= 0.3 is 0 Å². The molecule has 1 aromatic carbocycles. The van der Waals surface area contributed by atoms with Crippen LogP contribution in [0, 0.1) is 11.6 Å². The lowest BCUT2D eigenvalue weighted by Gasteiger charge is -2.23. The molecule has 3 N–H and O–H groups in total. The summed E-state index contributed by atoms with van der Waals surface area (Å²) in [6.45, 7) is 1.87. The first-order chi connectivity index (χ1) is 12.4. The smallest absolute Gasteiger partial charge is 0.257 e. The average molecular weight is 380 g/mol. The zero-order valence-corrected chi connectivity index (χ0v) is 14.4. The minimum atomic E-state index is -1.17. The van der Waals surface area contributed by atoms with Crippen molar-refractivity contribution in [2.24, 2.45) is 0 Å². The van der Waals surface area contributed by atoms with E-state index >= 15 is 0 Å². The SMILES string of the molecule is CCSc1nc2c(c(=O)[nH]1)[C@H](C(=O)Nc1cc(F)ccc1F)CC(=O)N2. The number of H-pyrrole nitrogens is 1. The molecule has 0 saturated carbocycles. The summed E-state index contributed by atoms with van der Waals surface area (Å²) in [6.07, 6.45) is -0.305. The number of thioether (sulfide) groups is 1. The lowest BCUT2D eigenvalue weighted by Crippen LogP contribution is -2.36. The number of aromatic nitrogens is 2. The number of carbonyl (C=O) groups is 2. The number of hydrogen-bond donors (Lipinski definition) is 3. The van der Waals surface area contributed by atoms with Gasteiger partial charge < -0.3 is 15.6 Å². The van der Waals surface area contributed by atoms with Gasteiger partial charge in [0.1, 0.15) is 17.5 Å². The van der Waals surface area contributed by atoms with Gasteiger partial charge in [-0.05, 0) is 17.9 Å². The first-order valence-corrected chi connectivity index (χ1v) is 8.70. The number of anilines is 2. The topological polar surface area (TPSA) is 104 Å². The first-order valence-electron chi connectivity index (χ1n) is 7.71. The minimum Gasteiger partial charge on any atom is -0.323 e. The van der Waals surface area contributed by atoms with Crippen molar-refractivity contribution in [3.8, 4) is 0 Å². The highest BCUT2D eigenvalue weighted by Gasteiger charge is 2.35. The van der Waals surface area contributed by atoms with Crippen LogP contribution in [0.15, 0.2) is 28.2 Å². The number of nitrogens with one attached hydrogen (secondary N) is 3. The maximum Gasteiger partial charge on any atom is 0.257 e. The van der Waals surface area contributed by atoms with E-state index in [2.05, 4.69) is 20.6 Å². The van der Waals surface area contributed by atoms with E-state index in [1.54, 1.807) is 0 Å². The van der Waals surface area contributed by atoms with Crippen LogP contribution in [0.2, 0.25) is 0 Å². The molecular formula is C16H14F2N4O3S. The van der Waals surface area contributed by atoms with Gasteiger partial charge in [0.25, 0.3) is 5.56 Å². The van der Waals surface area contributed by atoms with Crippen LogP contribution in [-0.4, -0.2) is 27.5 Å². The van der Waals surface area contributed by atoms with Crippen LogP contribution in [0.25, 0.3) is 0 Å². The summed E-state index contributed by atoms with van der Waals surface area (Å²) >= 11 is 1.27. The fourth-order valence-electron chi connectivity index (χ4n) is 2.59. The van der Waals surface area contributed by atoms with Crippen molar-refractivity contribution in [3.63, 3.8) is 0 Å². The molecule has 1 aliphatic rings. The lowest BCUT2D eigenvalue weighted by atomic mass is 9.92. The molecule has 136 valence electrons. The van der Waals surface area contributed by atoms with Gasteiger partial charge in [-0.1, -0.05) is 18.7 Å². The number of benzene rings is 1. The van der Waals surface area contributed by atoms with Gasteiger partial charge in [-0.3, -0.25) is 14.4 Å². The summed E-state index contributed by atoms with van der Waals surface area (Å²) < 4.78 is 27.0. The number of rotatable bonds is 4. The van der Waals surface area contributed by atoms with E-state index < -0.39 is 34.9 Å². The second-order valence-corrected chi connectivity index (χ2v) is 6.74. The van der Waals surface area contributed by atoms with Crippen molar-refractivity contribution in [1.29, 1.82) is 0 Å². The summed E-state index contributed by atoms with van der Waals surface area (Å²) in [7, 11) is 0. The fourth-order valence-corrected chi connectivity index (χ4v) is 3.19. The molecule has 26 heavy (non-hydrogen) atoms. The molecule has 1 aromatic heterocycles. The van der Waals surface area contributed by atoms with E-state index in [0.717, 1.165) is 18.2 Å². The lowest BCUT2D eigenvalue weighted by molar-refractivity contribution is -0.123.